The number of carbonyl (C=O) groups excluding carboxylic acids is 1. The highest BCUT2D eigenvalue weighted by atomic mass is 16.3. The van der Waals surface area contributed by atoms with Crippen molar-refractivity contribution in [3.05, 3.63) is 41.7 Å². The Hall–Kier alpha value is -2.21. The second-order valence-corrected chi connectivity index (χ2v) is 5.91. The number of aliphatic hydroxyl groups excluding tert-OH is 1. The molecule has 1 saturated heterocycles. The number of nitrogens with zero attached hydrogens (tertiary/aromatic N) is 4. The molecule has 0 unspecified atom stereocenters. The smallest absolute Gasteiger partial charge is 0.276 e. The lowest BCUT2D eigenvalue weighted by Gasteiger charge is -2.35. The molecule has 0 radical (unpaired) electrons. The Morgan fingerprint density at radius 2 is 2.23 bits per heavy atom. The normalized spacial score (nSPS) is 21.9. The molecule has 1 N–H and O–H groups in total. The van der Waals surface area contributed by atoms with Crippen molar-refractivity contribution in [3.63, 3.8) is 0 Å². The highest BCUT2D eigenvalue weighted by molar-refractivity contribution is 5.92. The van der Waals surface area contributed by atoms with Crippen LogP contribution in [0.4, 0.5) is 0 Å². The Morgan fingerprint density at radius 1 is 1.41 bits per heavy atom. The minimum atomic E-state index is -0.318. The van der Waals surface area contributed by atoms with Crippen molar-refractivity contribution in [2.75, 3.05) is 6.54 Å². The third kappa shape index (κ3) is 2.87. The molecule has 0 saturated carbocycles. The fourth-order valence-electron chi connectivity index (χ4n) is 2.85. The largest absolute Gasteiger partial charge is 0.393 e. The van der Waals surface area contributed by atoms with E-state index in [0.717, 1.165) is 11.3 Å². The third-order valence-corrected chi connectivity index (χ3v) is 4.09. The van der Waals surface area contributed by atoms with Gasteiger partial charge in [0.05, 0.1) is 18.0 Å². The van der Waals surface area contributed by atoms with Gasteiger partial charge in [0.1, 0.15) is 0 Å². The fraction of sp³-hybridized carbons (Fsp3) is 0.438. The number of amides is 1. The second-order valence-electron chi connectivity index (χ2n) is 5.91. The van der Waals surface area contributed by atoms with Crippen LogP contribution in [0.5, 0.6) is 0 Å². The van der Waals surface area contributed by atoms with E-state index in [1.54, 1.807) is 15.8 Å². The molecule has 2 atom stereocenters. The van der Waals surface area contributed by atoms with E-state index in [1.165, 1.54) is 0 Å². The number of aromatic nitrogens is 3. The van der Waals surface area contributed by atoms with Crippen molar-refractivity contribution >= 4 is 5.91 Å². The van der Waals surface area contributed by atoms with Gasteiger partial charge in [0.2, 0.25) is 0 Å². The van der Waals surface area contributed by atoms with Crippen molar-refractivity contribution in [2.45, 2.75) is 38.8 Å². The summed E-state index contributed by atoms with van der Waals surface area (Å²) in [5.41, 5.74) is 2.35. The first-order valence-corrected chi connectivity index (χ1v) is 7.53. The summed E-state index contributed by atoms with van der Waals surface area (Å²) in [7, 11) is 0. The van der Waals surface area contributed by atoms with Gasteiger partial charge in [-0.05, 0) is 44.4 Å². The van der Waals surface area contributed by atoms with Crippen LogP contribution in [0.3, 0.4) is 0 Å². The Bertz CT molecular complexity index is 682. The lowest BCUT2D eigenvalue weighted by atomic mass is 10.0. The van der Waals surface area contributed by atoms with E-state index in [-0.39, 0.29) is 18.1 Å². The number of aryl methyl sites for hydroxylation is 1. The molecule has 0 spiro atoms. The Labute approximate surface area is 129 Å². The number of piperidine rings is 1. The molecule has 1 aliphatic heterocycles. The van der Waals surface area contributed by atoms with Crippen LogP contribution in [0.15, 0.2) is 30.5 Å². The highest BCUT2D eigenvalue weighted by Crippen LogP contribution is 2.19. The van der Waals surface area contributed by atoms with Crippen molar-refractivity contribution in [2.24, 2.45) is 0 Å². The van der Waals surface area contributed by atoms with Crippen LogP contribution in [-0.2, 0) is 0 Å². The Morgan fingerprint density at radius 3 is 2.95 bits per heavy atom. The number of aliphatic hydroxyl groups is 1. The summed E-state index contributed by atoms with van der Waals surface area (Å²) < 4.78 is 1.61. The van der Waals surface area contributed by atoms with Crippen molar-refractivity contribution in [1.82, 2.24) is 19.9 Å². The van der Waals surface area contributed by atoms with E-state index in [1.807, 2.05) is 38.1 Å². The van der Waals surface area contributed by atoms with Gasteiger partial charge in [-0.15, -0.1) is 5.10 Å². The molecule has 1 fully saturated rings. The first kappa shape index (κ1) is 14.7. The predicted molar refractivity (Wildman–Crippen MR) is 81.8 cm³/mol. The maximum Gasteiger partial charge on any atom is 0.276 e. The van der Waals surface area contributed by atoms with Crippen LogP contribution in [0.1, 0.15) is 35.8 Å². The van der Waals surface area contributed by atoms with Gasteiger partial charge < -0.3 is 10.0 Å². The Balaban J connectivity index is 1.80. The number of hydrogen-bond donors (Lipinski definition) is 1. The molecule has 22 heavy (non-hydrogen) atoms. The summed E-state index contributed by atoms with van der Waals surface area (Å²) in [5, 5.41) is 17.7. The van der Waals surface area contributed by atoms with Gasteiger partial charge in [0.15, 0.2) is 5.69 Å². The summed E-state index contributed by atoms with van der Waals surface area (Å²) in [6.45, 7) is 4.51. The minimum Gasteiger partial charge on any atom is -0.393 e. The third-order valence-electron chi connectivity index (χ3n) is 4.09. The average Bonchev–Trinajstić information content (AvgIpc) is 2.96. The second kappa shape index (κ2) is 5.88. The molecule has 1 aromatic heterocycles. The van der Waals surface area contributed by atoms with Gasteiger partial charge in [-0.1, -0.05) is 17.3 Å². The van der Waals surface area contributed by atoms with Gasteiger partial charge in [0, 0.05) is 12.6 Å². The molecule has 2 aromatic rings. The minimum absolute atomic E-state index is 0.0142. The lowest BCUT2D eigenvalue weighted by Crippen LogP contribution is -2.46. The van der Waals surface area contributed by atoms with Crippen LogP contribution < -0.4 is 0 Å². The van der Waals surface area contributed by atoms with Gasteiger partial charge in [-0.25, -0.2) is 4.68 Å². The molecule has 6 nitrogen and oxygen atoms in total. The monoisotopic (exact) mass is 300 g/mol. The Kier molecular flexibility index (Phi) is 3.94. The summed E-state index contributed by atoms with van der Waals surface area (Å²) >= 11 is 0. The molecular formula is C16H20N4O2. The zero-order valence-corrected chi connectivity index (χ0v) is 12.8. The van der Waals surface area contributed by atoms with E-state index >= 15 is 0 Å². The standard InChI is InChI=1S/C16H20N4O2/c1-11-4-3-5-13(8-11)20-10-15(17-18-20)16(22)19-7-6-14(21)9-12(19)2/h3-5,8,10,12,14,21H,6-7,9H2,1-2H3/t12-,14-/m1/s1. The molecule has 1 aromatic carbocycles. The summed E-state index contributed by atoms with van der Waals surface area (Å²) in [6, 6.07) is 7.88. The van der Waals surface area contributed by atoms with Gasteiger partial charge in [0.25, 0.3) is 5.91 Å². The van der Waals surface area contributed by atoms with Crippen molar-refractivity contribution in [3.8, 4) is 5.69 Å². The molecule has 2 heterocycles. The van der Waals surface area contributed by atoms with E-state index in [2.05, 4.69) is 10.3 Å². The lowest BCUT2D eigenvalue weighted by molar-refractivity contribution is 0.0360. The topological polar surface area (TPSA) is 71.2 Å². The molecular weight excluding hydrogens is 280 g/mol. The molecule has 0 aliphatic carbocycles. The van der Waals surface area contributed by atoms with Gasteiger partial charge in [-0.2, -0.15) is 0 Å². The summed E-state index contributed by atoms with van der Waals surface area (Å²) in [5.74, 6) is -0.127. The number of rotatable bonds is 2. The molecule has 6 heteroatoms. The van der Waals surface area contributed by atoms with Crippen LogP contribution >= 0.6 is 0 Å². The summed E-state index contributed by atoms with van der Waals surface area (Å²) in [6.07, 6.45) is 2.57. The first-order chi connectivity index (χ1) is 10.5. The molecule has 116 valence electrons. The molecule has 1 aliphatic rings. The maximum absolute atomic E-state index is 12.6. The fourth-order valence-corrected chi connectivity index (χ4v) is 2.85. The number of benzene rings is 1. The maximum atomic E-state index is 12.6. The number of carbonyl (C=O) groups is 1. The zero-order chi connectivity index (χ0) is 15.7. The van der Waals surface area contributed by atoms with Crippen LogP contribution in [0, 0.1) is 6.92 Å². The van der Waals surface area contributed by atoms with E-state index in [4.69, 9.17) is 0 Å². The van der Waals surface area contributed by atoms with E-state index < -0.39 is 0 Å². The molecule has 0 bridgehead atoms. The van der Waals surface area contributed by atoms with Crippen LogP contribution in [0.2, 0.25) is 0 Å². The van der Waals surface area contributed by atoms with Gasteiger partial charge in [-0.3, -0.25) is 4.79 Å². The van der Waals surface area contributed by atoms with Crippen molar-refractivity contribution < 1.29 is 9.90 Å². The zero-order valence-electron chi connectivity index (χ0n) is 12.8. The molecule has 3 rings (SSSR count). The predicted octanol–water partition coefficient (Wildman–Crippen LogP) is 1.56. The first-order valence-electron chi connectivity index (χ1n) is 7.53. The van der Waals surface area contributed by atoms with E-state index in [9.17, 15) is 9.90 Å². The van der Waals surface area contributed by atoms with Crippen molar-refractivity contribution in [1.29, 1.82) is 0 Å². The van der Waals surface area contributed by atoms with Crippen LogP contribution in [-0.4, -0.2) is 49.6 Å². The van der Waals surface area contributed by atoms with Gasteiger partial charge >= 0.3 is 0 Å². The molecule has 1 amide bonds. The van der Waals surface area contributed by atoms with Crippen LogP contribution in [0.25, 0.3) is 5.69 Å². The quantitative estimate of drug-likeness (QED) is 0.913. The SMILES string of the molecule is Cc1cccc(-n2cc(C(=O)N3CC[C@@H](O)C[C@H]3C)nn2)c1. The number of hydrogen-bond acceptors (Lipinski definition) is 4. The van der Waals surface area contributed by atoms with E-state index in [0.29, 0.717) is 25.1 Å². The average molecular weight is 300 g/mol. The highest BCUT2D eigenvalue weighted by Gasteiger charge is 2.29. The summed E-state index contributed by atoms with van der Waals surface area (Å²) in [4.78, 5) is 14.3. The number of likely N-dealkylation sites (tertiary alicyclic amines) is 1.